The van der Waals surface area contributed by atoms with E-state index in [1.165, 1.54) is 24.3 Å². The molecule has 2 N–H and O–H groups in total. The molecule has 0 amide bonds. The van der Waals surface area contributed by atoms with Crippen molar-refractivity contribution in [2.75, 3.05) is 10.6 Å². The summed E-state index contributed by atoms with van der Waals surface area (Å²) in [6, 6.07) is 27.9. The van der Waals surface area contributed by atoms with E-state index in [1.54, 1.807) is 24.3 Å². The third-order valence-corrected chi connectivity index (χ3v) is 5.24. The molecule has 0 unspecified atom stereocenters. The fraction of sp³-hybridized carbons (Fsp3) is 0.0769. The van der Waals surface area contributed by atoms with Gasteiger partial charge in [-0.1, -0.05) is 36.4 Å². The van der Waals surface area contributed by atoms with Crippen molar-refractivity contribution < 1.29 is 14.6 Å². The monoisotopic (exact) mass is 470 g/mol. The summed E-state index contributed by atoms with van der Waals surface area (Å²) in [6.45, 7) is 1.03. The summed E-state index contributed by atoms with van der Waals surface area (Å²) in [6.07, 6.45) is 0. The molecule has 4 aromatic carbocycles. The number of anilines is 2. The van der Waals surface area contributed by atoms with Crippen LogP contribution in [0.25, 0.3) is 0 Å². The van der Waals surface area contributed by atoms with Crippen molar-refractivity contribution in [2.45, 2.75) is 13.1 Å². The highest BCUT2D eigenvalue weighted by molar-refractivity contribution is 5.58. The lowest BCUT2D eigenvalue weighted by Crippen LogP contribution is -2.01. The quantitative estimate of drug-likeness (QED) is 0.200. The molecule has 4 aromatic rings. The van der Waals surface area contributed by atoms with Crippen molar-refractivity contribution in [3.8, 4) is 11.5 Å². The van der Waals surface area contributed by atoms with Crippen molar-refractivity contribution >= 4 is 22.7 Å². The smallest absolute Gasteiger partial charge is 0.269 e. The Hall–Kier alpha value is -4.92. The number of non-ortho nitro benzene ring substituents is 2. The molecule has 0 atom stereocenters. The number of rotatable bonds is 10. The molecule has 35 heavy (non-hydrogen) atoms. The summed E-state index contributed by atoms with van der Waals surface area (Å²) in [5.74, 6) is 1.32. The van der Waals surface area contributed by atoms with Gasteiger partial charge in [0, 0.05) is 43.0 Å². The number of benzene rings is 4. The summed E-state index contributed by atoms with van der Waals surface area (Å²) in [5, 5.41) is 28.2. The number of nitrogens with zero attached hydrogens (tertiary/aromatic N) is 2. The van der Waals surface area contributed by atoms with E-state index in [0.29, 0.717) is 24.6 Å². The zero-order valence-corrected chi connectivity index (χ0v) is 18.6. The van der Waals surface area contributed by atoms with Gasteiger partial charge in [-0.3, -0.25) is 20.2 Å². The second kappa shape index (κ2) is 10.8. The zero-order valence-electron chi connectivity index (χ0n) is 18.6. The first kappa shape index (κ1) is 23.2. The number of nitro groups is 2. The van der Waals surface area contributed by atoms with E-state index < -0.39 is 9.85 Å². The Kier molecular flexibility index (Phi) is 7.17. The van der Waals surface area contributed by atoms with Gasteiger partial charge in [-0.2, -0.15) is 0 Å². The first-order chi connectivity index (χ1) is 17.0. The largest absolute Gasteiger partial charge is 0.455 e. The highest BCUT2D eigenvalue weighted by atomic mass is 16.6. The van der Waals surface area contributed by atoms with Crippen molar-refractivity contribution in [1.29, 1.82) is 0 Å². The molecule has 0 fully saturated rings. The molecule has 4 rings (SSSR count). The van der Waals surface area contributed by atoms with Crippen LogP contribution in [0.3, 0.4) is 0 Å². The summed E-state index contributed by atoms with van der Waals surface area (Å²) in [5.41, 5.74) is 3.66. The minimum Gasteiger partial charge on any atom is -0.455 e. The molecule has 9 heteroatoms. The first-order valence-corrected chi connectivity index (χ1v) is 10.8. The lowest BCUT2D eigenvalue weighted by atomic mass is 10.2. The number of para-hydroxylation sites is 2. The second-order valence-electron chi connectivity index (χ2n) is 7.68. The lowest BCUT2D eigenvalue weighted by molar-refractivity contribution is -0.385. The van der Waals surface area contributed by atoms with Crippen LogP contribution in [0.1, 0.15) is 11.1 Å². The number of nitro benzene ring substituents is 2. The molecule has 0 aliphatic heterocycles. The van der Waals surface area contributed by atoms with E-state index in [9.17, 15) is 20.2 Å². The number of ether oxygens (including phenoxy) is 1. The van der Waals surface area contributed by atoms with Gasteiger partial charge in [-0.25, -0.2) is 0 Å². The molecule has 0 spiro atoms. The summed E-state index contributed by atoms with van der Waals surface area (Å²) < 4.78 is 6.06. The van der Waals surface area contributed by atoms with Gasteiger partial charge in [0.1, 0.15) is 5.75 Å². The first-order valence-electron chi connectivity index (χ1n) is 10.8. The van der Waals surface area contributed by atoms with Crippen molar-refractivity contribution in [1.82, 2.24) is 0 Å². The maximum atomic E-state index is 10.8. The lowest BCUT2D eigenvalue weighted by Gasteiger charge is -2.14. The van der Waals surface area contributed by atoms with Crippen LogP contribution < -0.4 is 15.4 Å². The molecule has 0 heterocycles. The minimum atomic E-state index is -0.420. The average Bonchev–Trinajstić information content (AvgIpc) is 2.88. The van der Waals surface area contributed by atoms with E-state index in [-0.39, 0.29) is 11.4 Å². The predicted octanol–water partition coefficient (Wildman–Crippen LogP) is 6.52. The van der Waals surface area contributed by atoms with Gasteiger partial charge >= 0.3 is 0 Å². The van der Waals surface area contributed by atoms with Crippen LogP contribution in [0.5, 0.6) is 11.5 Å². The van der Waals surface area contributed by atoms with Gasteiger partial charge in [-0.15, -0.1) is 0 Å². The van der Waals surface area contributed by atoms with Gasteiger partial charge < -0.3 is 15.4 Å². The maximum absolute atomic E-state index is 10.8. The molecule has 9 nitrogen and oxygen atoms in total. The van der Waals surface area contributed by atoms with Crippen LogP contribution in [0, 0.1) is 20.2 Å². The fourth-order valence-corrected chi connectivity index (χ4v) is 3.34. The van der Waals surface area contributed by atoms with Gasteiger partial charge in [0.2, 0.25) is 0 Å². The van der Waals surface area contributed by atoms with E-state index in [4.69, 9.17) is 4.74 Å². The average molecular weight is 470 g/mol. The zero-order chi connectivity index (χ0) is 24.6. The van der Waals surface area contributed by atoms with E-state index in [2.05, 4.69) is 10.6 Å². The Labute approximate surface area is 201 Å². The van der Waals surface area contributed by atoms with Gasteiger partial charge in [0.25, 0.3) is 11.4 Å². The molecule has 0 aliphatic carbocycles. The summed E-state index contributed by atoms with van der Waals surface area (Å²) in [4.78, 5) is 20.7. The molecule has 0 aliphatic rings. The van der Waals surface area contributed by atoms with E-state index >= 15 is 0 Å². The molecular weight excluding hydrogens is 448 g/mol. The minimum absolute atomic E-state index is 0.0585. The number of hydrogen-bond donors (Lipinski definition) is 2. The molecule has 0 aromatic heterocycles. The molecule has 0 saturated heterocycles. The third-order valence-electron chi connectivity index (χ3n) is 5.24. The standard InChI is InChI=1S/C26H22N4O5/c31-29(32)22-11-5-19(6-12-22)17-27-21-9-15-24(16-10-21)35-26-4-2-1-3-25(26)28-18-20-7-13-23(14-8-20)30(33)34/h1-16,27-28H,17-18H2. The van der Waals surface area contributed by atoms with Gasteiger partial charge in [-0.05, 0) is 47.5 Å². The molecule has 0 bridgehead atoms. The van der Waals surface area contributed by atoms with Gasteiger partial charge in [0.15, 0.2) is 5.75 Å². The fourth-order valence-electron chi connectivity index (χ4n) is 3.34. The van der Waals surface area contributed by atoms with Crippen LogP contribution in [-0.4, -0.2) is 9.85 Å². The highest BCUT2D eigenvalue weighted by Crippen LogP contribution is 2.30. The number of nitrogens with one attached hydrogen (secondary N) is 2. The normalized spacial score (nSPS) is 10.4. The van der Waals surface area contributed by atoms with Gasteiger partial charge in [0.05, 0.1) is 15.5 Å². The third kappa shape index (κ3) is 6.32. The van der Waals surface area contributed by atoms with Crippen LogP contribution in [0.4, 0.5) is 22.7 Å². The number of hydrogen-bond acceptors (Lipinski definition) is 7. The van der Waals surface area contributed by atoms with Crippen LogP contribution >= 0.6 is 0 Å². The highest BCUT2D eigenvalue weighted by Gasteiger charge is 2.07. The summed E-state index contributed by atoms with van der Waals surface area (Å²) >= 11 is 0. The Morgan fingerprint density at radius 3 is 1.69 bits per heavy atom. The molecular formula is C26H22N4O5. The van der Waals surface area contributed by atoms with E-state index in [1.807, 2.05) is 48.5 Å². The van der Waals surface area contributed by atoms with E-state index in [0.717, 1.165) is 22.5 Å². The van der Waals surface area contributed by atoms with Crippen molar-refractivity contribution in [2.24, 2.45) is 0 Å². The Morgan fingerprint density at radius 1 is 0.629 bits per heavy atom. The second-order valence-corrected chi connectivity index (χ2v) is 7.68. The Morgan fingerprint density at radius 2 is 1.14 bits per heavy atom. The molecule has 176 valence electrons. The molecule has 0 saturated carbocycles. The Balaban J connectivity index is 1.34. The predicted molar refractivity (Wildman–Crippen MR) is 134 cm³/mol. The Bertz CT molecular complexity index is 1310. The van der Waals surface area contributed by atoms with Crippen molar-refractivity contribution in [3.05, 3.63) is 128 Å². The van der Waals surface area contributed by atoms with Crippen LogP contribution in [0.2, 0.25) is 0 Å². The SMILES string of the molecule is O=[N+]([O-])c1ccc(CNc2ccc(Oc3ccccc3NCc3ccc([N+](=O)[O-])cc3)cc2)cc1. The van der Waals surface area contributed by atoms with Crippen molar-refractivity contribution in [3.63, 3.8) is 0 Å². The topological polar surface area (TPSA) is 120 Å². The van der Waals surface area contributed by atoms with Crippen LogP contribution in [0.15, 0.2) is 97.1 Å². The molecule has 0 radical (unpaired) electrons. The van der Waals surface area contributed by atoms with Crippen LogP contribution in [-0.2, 0) is 13.1 Å². The maximum Gasteiger partial charge on any atom is 0.269 e. The summed E-state index contributed by atoms with van der Waals surface area (Å²) in [7, 11) is 0.